The summed E-state index contributed by atoms with van der Waals surface area (Å²) in [5.41, 5.74) is 0.116. The molecule has 0 bridgehead atoms. The van der Waals surface area contributed by atoms with Crippen LogP contribution in [0.4, 0.5) is 11.4 Å². The number of pyridine rings is 1. The van der Waals surface area contributed by atoms with Gasteiger partial charge in [-0.05, 0) is 32.0 Å². The number of amides is 1. The summed E-state index contributed by atoms with van der Waals surface area (Å²) >= 11 is 0. The molecular formula is C17H17N3O5. The first-order valence-electron chi connectivity index (χ1n) is 7.86. The molecule has 1 aromatic carbocycles. The van der Waals surface area contributed by atoms with Gasteiger partial charge in [-0.1, -0.05) is 6.07 Å². The summed E-state index contributed by atoms with van der Waals surface area (Å²) in [6.07, 6.45) is 1.28. The van der Waals surface area contributed by atoms with E-state index >= 15 is 0 Å². The summed E-state index contributed by atoms with van der Waals surface area (Å²) in [5.74, 6) is -0.00224. The van der Waals surface area contributed by atoms with E-state index in [-0.39, 0.29) is 29.6 Å². The molecule has 2 heterocycles. The fourth-order valence-electron chi connectivity index (χ4n) is 2.75. The van der Waals surface area contributed by atoms with Gasteiger partial charge >= 0.3 is 0 Å². The molecule has 0 N–H and O–H groups in total. The smallest absolute Gasteiger partial charge is 0.285 e. The van der Waals surface area contributed by atoms with Gasteiger partial charge in [-0.15, -0.1) is 0 Å². The predicted octanol–water partition coefficient (Wildman–Crippen LogP) is 2.82. The highest BCUT2D eigenvalue weighted by Gasteiger charge is 2.34. The highest BCUT2D eigenvalue weighted by atomic mass is 16.6. The molecule has 0 saturated heterocycles. The van der Waals surface area contributed by atoms with E-state index in [2.05, 4.69) is 4.98 Å². The zero-order valence-corrected chi connectivity index (χ0v) is 13.8. The van der Waals surface area contributed by atoms with Crippen molar-refractivity contribution >= 4 is 17.3 Å². The lowest BCUT2D eigenvalue weighted by atomic mass is 10.1. The molecule has 0 radical (unpaired) electrons. The molecule has 0 saturated carbocycles. The van der Waals surface area contributed by atoms with Crippen molar-refractivity contribution in [3.05, 3.63) is 52.2 Å². The number of aromatic nitrogens is 1. The Balaban J connectivity index is 2.11. The molecular weight excluding hydrogens is 326 g/mol. The van der Waals surface area contributed by atoms with E-state index < -0.39 is 10.8 Å². The average Bonchev–Trinajstić information content (AvgIpc) is 2.60. The average molecular weight is 343 g/mol. The van der Waals surface area contributed by atoms with Crippen LogP contribution in [-0.4, -0.2) is 35.1 Å². The van der Waals surface area contributed by atoms with Gasteiger partial charge in [0.1, 0.15) is 17.5 Å². The molecule has 3 rings (SSSR count). The van der Waals surface area contributed by atoms with Crippen molar-refractivity contribution in [1.82, 2.24) is 4.98 Å². The van der Waals surface area contributed by atoms with Gasteiger partial charge in [0.15, 0.2) is 5.56 Å². The van der Waals surface area contributed by atoms with Crippen LogP contribution in [0.1, 0.15) is 24.2 Å². The summed E-state index contributed by atoms with van der Waals surface area (Å²) in [7, 11) is 0. The normalized spacial score (nSPS) is 15.9. The first-order valence-corrected chi connectivity index (χ1v) is 7.86. The molecule has 8 heteroatoms. The molecule has 1 amide bonds. The topological polar surface area (TPSA) is 94.8 Å². The van der Waals surface area contributed by atoms with Crippen LogP contribution in [0.15, 0.2) is 36.5 Å². The lowest BCUT2D eigenvalue weighted by molar-refractivity contribution is -0.385. The summed E-state index contributed by atoms with van der Waals surface area (Å²) in [4.78, 5) is 29.6. The van der Waals surface area contributed by atoms with E-state index in [9.17, 15) is 14.9 Å². The molecule has 8 nitrogen and oxygen atoms in total. The highest BCUT2D eigenvalue weighted by molar-refractivity contribution is 6.11. The van der Waals surface area contributed by atoms with Crippen molar-refractivity contribution in [3.63, 3.8) is 0 Å². The number of fused-ring (bicyclic) bond motifs is 1. The van der Waals surface area contributed by atoms with Crippen LogP contribution in [0, 0.1) is 10.1 Å². The lowest BCUT2D eigenvalue weighted by Gasteiger charge is -2.32. The van der Waals surface area contributed by atoms with Crippen LogP contribution in [0.25, 0.3) is 0 Å². The standard InChI is InChI=1S/C17H17N3O5/c1-3-24-14-8-4-6-12(20(22)23)15(14)17(21)19-10-11(2)25-16-13(19)7-5-9-18-16/h4-9,11H,3,10H2,1-2H3/t11-/m1/s1. The summed E-state index contributed by atoms with van der Waals surface area (Å²) < 4.78 is 11.1. The highest BCUT2D eigenvalue weighted by Crippen LogP contribution is 2.36. The van der Waals surface area contributed by atoms with Crippen molar-refractivity contribution in [2.75, 3.05) is 18.1 Å². The SMILES string of the molecule is CCOc1cccc([N+](=O)[O-])c1C(=O)N1C[C@@H](C)Oc2ncccc21. The van der Waals surface area contributed by atoms with Gasteiger partial charge < -0.3 is 9.47 Å². The molecule has 1 aromatic heterocycles. The second-order valence-electron chi connectivity index (χ2n) is 5.51. The number of rotatable bonds is 4. The van der Waals surface area contributed by atoms with Crippen molar-refractivity contribution < 1.29 is 19.2 Å². The number of ether oxygens (including phenoxy) is 2. The largest absolute Gasteiger partial charge is 0.493 e. The number of benzene rings is 1. The van der Waals surface area contributed by atoms with Crippen molar-refractivity contribution in [3.8, 4) is 11.6 Å². The third kappa shape index (κ3) is 3.10. The molecule has 25 heavy (non-hydrogen) atoms. The maximum absolute atomic E-state index is 13.2. The van der Waals surface area contributed by atoms with Gasteiger partial charge in [-0.25, -0.2) is 4.98 Å². The number of anilines is 1. The first kappa shape index (κ1) is 16.7. The van der Waals surface area contributed by atoms with Gasteiger partial charge in [0.2, 0.25) is 5.88 Å². The molecule has 2 aromatic rings. The third-order valence-corrected chi connectivity index (χ3v) is 3.75. The molecule has 0 unspecified atom stereocenters. The zero-order valence-electron chi connectivity index (χ0n) is 13.8. The minimum atomic E-state index is -0.580. The van der Waals surface area contributed by atoms with Gasteiger partial charge in [0.25, 0.3) is 11.6 Å². The quantitative estimate of drug-likeness (QED) is 0.626. The van der Waals surface area contributed by atoms with Crippen LogP contribution in [0.3, 0.4) is 0 Å². The molecule has 0 spiro atoms. The summed E-state index contributed by atoms with van der Waals surface area (Å²) in [5, 5.41) is 11.4. The Morgan fingerprint density at radius 1 is 1.44 bits per heavy atom. The zero-order chi connectivity index (χ0) is 18.0. The van der Waals surface area contributed by atoms with Crippen molar-refractivity contribution in [2.45, 2.75) is 20.0 Å². The monoisotopic (exact) mass is 343 g/mol. The predicted molar refractivity (Wildman–Crippen MR) is 90.3 cm³/mol. The van der Waals surface area contributed by atoms with Crippen LogP contribution in [0.5, 0.6) is 11.6 Å². The van der Waals surface area contributed by atoms with E-state index in [1.807, 2.05) is 0 Å². The number of nitro groups is 1. The van der Waals surface area contributed by atoms with E-state index in [0.29, 0.717) is 18.2 Å². The van der Waals surface area contributed by atoms with Gasteiger partial charge in [-0.3, -0.25) is 19.8 Å². The number of nitrogens with zero attached hydrogens (tertiary/aromatic N) is 3. The number of nitro benzene ring substituents is 1. The Morgan fingerprint density at radius 3 is 2.96 bits per heavy atom. The van der Waals surface area contributed by atoms with Gasteiger partial charge in [-0.2, -0.15) is 0 Å². The number of carbonyl (C=O) groups excluding carboxylic acids is 1. The maximum Gasteiger partial charge on any atom is 0.285 e. The Labute approximate surface area is 144 Å². The molecule has 1 atom stereocenters. The fourth-order valence-corrected chi connectivity index (χ4v) is 2.75. The van der Waals surface area contributed by atoms with E-state index in [1.54, 1.807) is 38.2 Å². The minimum Gasteiger partial charge on any atom is -0.493 e. The fraction of sp³-hybridized carbons (Fsp3) is 0.294. The number of hydrogen-bond acceptors (Lipinski definition) is 6. The van der Waals surface area contributed by atoms with E-state index in [1.165, 1.54) is 17.0 Å². The molecule has 1 aliphatic rings. The second-order valence-corrected chi connectivity index (χ2v) is 5.51. The summed E-state index contributed by atoms with van der Waals surface area (Å²) in [6.45, 7) is 4.11. The Bertz CT molecular complexity index is 824. The van der Waals surface area contributed by atoms with Crippen molar-refractivity contribution in [2.24, 2.45) is 0 Å². The van der Waals surface area contributed by atoms with Gasteiger partial charge in [0.05, 0.1) is 18.1 Å². The lowest BCUT2D eigenvalue weighted by Crippen LogP contribution is -2.43. The van der Waals surface area contributed by atoms with Crippen molar-refractivity contribution in [1.29, 1.82) is 0 Å². The first-order chi connectivity index (χ1) is 12.0. The molecule has 0 fully saturated rings. The Hall–Kier alpha value is -3.16. The third-order valence-electron chi connectivity index (χ3n) is 3.75. The Morgan fingerprint density at radius 2 is 2.24 bits per heavy atom. The molecule has 0 aliphatic carbocycles. The minimum absolute atomic E-state index is 0.0711. The van der Waals surface area contributed by atoms with Crippen LogP contribution < -0.4 is 14.4 Å². The summed E-state index contributed by atoms with van der Waals surface area (Å²) in [6, 6.07) is 7.72. The number of carbonyl (C=O) groups is 1. The van der Waals surface area contributed by atoms with Crippen LogP contribution in [0.2, 0.25) is 0 Å². The number of hydrogen-bond donors (Lipinski definition) is 0. The maximum atomic E-state index is 13.2. The molecule has 1 aliphatic heterocycles. The Kier molecular flexibility index (Phi) is 4.51. The van der Waals surface area contributed by atoms with E-state index in [0.717, 1.165) is 0 Å². The second kappa shape index (κ2) is 6.76. The van der Waals surface area contributed by atoms with Crippen LogP contribution in [-0.2, 0) is 0 Å². The van der Waals surface area contributed by atoms with Crippen LogP contribution >= 0.6 is 0 Å². The van der Waals surface area contributed by atoms with E-state index in [4.69, 9.17) is 9.47 Å². The van der Waals surface area contributed by atoms with Gasteiger partial charge in [0, 0.05) is 12.3 Å². The molecule has 130 valence electrons.